The summed E-state index contributed by atoms with van der Waals surface area (Å²) in [5.41, 5.74) is 5.25. The monoisotopic (exact) mass is 1400 g/mol. The van der Waals surface area contributed by atoms with Gasteiger partial charge in [0.25, 0.3) is 43.7 Å². The number of anilines is 4. The minimum atomic E-state index is -4.71. The maximum Gasteiger partial charge on any atom is 0.388 e. The van der Waals surface area contributed by atoms with Crippen molar-refractivity contribution in [1.82, 2.24) is 39.3 Å². The molecule has 5 heterocycles. The van der Waals surface area contributed by atoms with E-state index in [2.05, 4.69) is 45.6 Å². The van der Waals surface area contributed by atoms with E-state index in [4.69, 9.17) is 41.5 Å². The first-order valence-corrected chi connectivity index (χ1v) is 31.8. The lowest BCUT2D eigenvalue weighted by atomic mass is 9.93. The molecule has 2 atom stereocenters. The average Bonchev–Trinajstić information content (AvgIpc) is 1.66. The average molecular weight is 1400 g/mol. The second kappa shape index (κ2) is 32.7. The quantitative estimate of drug-likeness (QED) is 0.0239. The number of aromatic nitrogens is 5. The van der Waals surface area contributed by atoms with Crippen LogP contribution in [0.4, 0.5) is 54.8 Å². The minimum Gasteiger partial charge on any atom is -0.481 e. The van der Waals surface area contributed by atoms with Crippen LogP contribution in [0.5, 0.6) is 29.3 Å². The van der Waals surface area contributed by atoms with Crippen molar-refractivity contribution in [3.8, 4) is 41.6 Å². The van der Waals surface area contributed by atoms with Gasteiger partial charge in [-0.1, -0.05) is 18.1 Å². The molecule has 0 bridgehead atoms. The number of carbonyl (C=O) groups excluding carboxylic acids is 6. The number of sulfonamides is 2. The number of hydrogen-bond acceptors (Lipinski definition) is 24. The number of rotatable bonds is 20. The van der Waals surface area contributed by atoms with Gasteiger partial charge in [0.2, 0.25) is 35.4 Å². The molecule has 5 aromatic rings. The maximum atomic E-state index is 14.7. The van der Waals surface area contributed by atoms with Gasteiger partial charge in [0.15, 0.2) is 24.8 Å². The summed E-state index contributed by atoms with van der Waals surface area (Å²) in [6.45, 7) is -5.90. The normalized spacial score (nSPS) is 14.2. The maximum absolute atomic E-state index is 14.7. The van der Waals surface area contributed by atoms with Crippen molar-refractivity contribution in [2.45, 2.75) is 61.3 Å². The lowest BCUT2D eigenvalue weighted by Crippen LogP contribution is -2.39. The minimum absolute atomic E-state index is 0.0170. The molecule has 1 aliphatic carbocycles. The number of imide groups is 1. The summed E-state index contributed by atoms with van der Waals surface area (Å²) >= 11 is 0. The molecular formula is C53H55F5N13O21PS2. The van der Waals surface area contributed by atoms with Crippen LogP contribution in [0.25, 0.3) is 0 Å². The first-order chi connectivity index (χ1) is 44.5. The molecule has 0 spiro atoms. The van der Waals surface area contributed by atoms with Crippen molar-refractivity contribution < 1.29 is 120 Å². The first kappa shape index (κ1) is 75.0. The number of urea groups is 2. The number of nitrogens with one attached hydrogen (secondary N) is 4. The van der Waals surface area contributed by atoms with Gasteiger partial charge in [-0.3, -0.25) is 44.1 Å². The van der Waals surface area contributed by atoms with Gasteiger partial charge in [-0.15, -0.1) is 6.42 Å². The summed E-state index contributed by atoms with van der Waals surface area (Å²) < 4.78 is 150. The molecule has 8 rings (SSSR count). The predicted octanol–water partition coefficient (Wildman–Crippen LogP) is 3.61. The molecule has 0 saturated heterocycles. The van der Waals surface area contributed by atoms with Gasteiger partial charge in [0.1, 0.15) is 16.7 Å². The molecule has 0 saturated carbocycles. The molecule has 2 unspecified atom stereocenters. The van der Waals surface area contributed by atoms with Gasteiger partial charge in [0, 0.05) is 50.3 Å². The fraction of sp³-hybridized carbons (Fsp3) is 0.302. The van der Waals surface area contributed by atoms with E-state index in [0.29, 0.717) is 30.1 Å². The summed E-state index contributed by atoms with van der Waals surface area (Å²) in [5, 5.41) is 20.6. The van der Waals surface area contributed by atoms with Crippen LogP contribution in [0.3, 0.4) is 0 Å². The summed E-state index contributed by atoms with van der Waals surface area (Å²) in [7, 11) is -6.67. The van der Waals surface area contributed by atoms with Crippen LogP contribution in [0.1, 0.15) is 52.8 Å². The van der Waals surface area contributed by atoms with Gasteiger partial charge in [0.05, 0.1) is 55.4 Å². The van der Waals surface area contributed by atoms with Crippen LogP contribution in [-0.2, 0) is 43.8 Å². The number of nitrogens with two attached hydrogens (primary N) is 1. The number of terminal acetylenes is 1. The summed E-state index contributed by atoms with van der Waals surface area (Å²) in [5.74, 6) is -5.85. The molecule has 2 aliphatic heterocycles. The van der Waals surface area contributed by atoms with E-state index in [9.17, 15) is 81.7 Å². The molecule has 34 nitrogen and oxygen atoms in total. The van der Waals surface area contributed by atoms with Crippen LogP contribution in [0.2, 0.25) is 0 Å². The van der Waals surface area contributed by atoms with Gasteiger partial charge in [-0.2, -0.15) is 45.9 Å². The third-order valence-corrected chi connectivity index (χ3v) is 16.0. The zero-order valence-electron chi connectivity index (χ0n) is 49.8. The molecule has 2 aromatic carbocycles. The Kier molecular flexibility index (Phi) is 25.9. The number of hydrogen-bond donors (Lipinski definition) is 8. The zero-order valence-corrected chi connectivity index (χ0v) is 52.3. The summed E-state index contributed by atoms with van der Waals surface area (Å²) in [6, 6.07) is 7.46. The van der Waals surface area contributed by atoms with Gasteiger partial charge < -0.3 is 49.4 Å². The van der Waals surface area contributed by atoms with Crippen molar-refractivity contribution >= 4 is 98.3 Å². The van der Waals surface area contributed by atoms with Crippen molar-refractivity contribution in [2.75, 3.05) is 74.7 Å². The van der Waals surface area contributed by atoms with Crippen molar-refractivity contribution in [3.05, 3.63) is 95.0 Å². The number of halogens is 5. The topological polar surface area (TPSA) is 477 Å². The molecule has 95 heavy (non-hydrogen) atoms. The lowest BCUT2D eigenvalue weighted by Gasteiger charge is -2.29. The zero-order chi connectivity index (χ0) is 70.9. The molecule has 0 fully saturated rings. The number of methoxy groups -OCH3 is 2. The third kappa shape index (κ3) is 20.9. The Labute approximate surface area is 534 Å². The largest absolute Gasteiger partial charge is 0.481 e. The Morgan fingerprint density at radius 2 is 1.28 bits per heavy atom. The van der Waals surface area contributed by atoms with Crippen LogP contribution in [0, 0.1) is 18.2 Å². The highest BCUT2D eigenvalue weighted by atomic mass is 32.2. The number of carboxylic acid groups (broad SMARTS) is 2. The van der Waals surface area contributed by atoms with E-state index in [-0.39, 0.29) is 72.0 Å². The molecule has 3 aromatic heterocycles. The van der Waals surface area contributed by atoms with Gasteiger partial charge >= 0.3 is 37.2 Å². The number of alkyl halides is 4. The molecular weight excluding hydrogens is 1340 g/mol. The number of aromatic carboxylic acids is 1. The van der Waals surface area contributed by atoms with E-state index < -0.39 is 127 Å². The molecule has 3 aliphatic rings. The van der Waals surface area contributed by atoms with Crippen LogP contribution in [-0.4, -0.2) is 183 Å². The number of carboxylic acids is 2. The van der Waals surface area contributed by atoms with E-state index in [1.165, 1.54) is 92.1 Å². The predicted molar refractivity (Wildman–Crippen MR) is 317 cm³/mol. The van der Waals surface area contributed by atoms with Crippen LogP contribution in [0.15, 0.2) is 87.9 Å². The smallest absolute Gasteiger partial charge is 0.388 e. The van der Waals surface area contributed by atoms with Crippen molar-refractivity contribution in [1.29, 1.82) is 0 Å². The number of nitrogens with zero attached hydrogens (tertiary/aromatic N) is 8. The Balaban J connectivity index is 0.000000239. The Morgan fingerprint density at radius 3 is 1.77 bits per heavy atom. The number of benzene rings is 2. The number of pyridine rings is 1. The van der Waals surface area contributed by atoms with E-state index in [1.54, 1.807) is 10.0 Å². The second-order valence-corrected chi connectivity index (χ2v) is 25.0. The highest BCUT2D eigenvalue weighted by Crippen LogP contribution is 2.42. The number of ether oxygens (including phenoxy) is 5. The Morgan fingerprint density at radius 1 is 0.779 bits per heavy atom. The molecule has 9 N–H and O–H groups in total. The Bertz CT molecular complexity index is 4070. The summed E-state index contributed by atoms with van der Waals surface area (Å²) in [4.78, 5) is 124. The SMILES string of the molecule is C#CCN1C(=O)COc2cc(F)c(N3C(=O)C4=C(CCCC4)C3=O)cc21.COc1cc(OC)nc(NC(=O)NS(=O)(=O)c2ncccc2C(=O)N(C)C)n1.CP(=O)(O)CCC(N)C(=O)O.O=C(Nc1nc(OC(F)F)cc(OC(F)F)n1)NS(=O)(=O)c1ccccc1C(=O)O. The molecule has 8 amide bonds. The highest BCUT2D eigenvalue weighted by Gasteiger charge is 2.42. The number of aliphatic carboxylic acids is 1. The summed E-state index contributed by atoms with van der Waals surface area (Å²) in [6.07, 6.45) is 9.20. The fourth-order valence-corrected chi connectivity index (χ4v) is 10.9. The fourth-order valence-electron chi connectivity index (χ4n) is 8.03. The van der Waals surface area contributed by atoms with E-state index >= 15 is 0 Å². The van der Waals surface area contributed by atoms with Gasteiger partial charge in [-0.05, 0) is 62.4 Å². The molecule has 510 valence electrons. The van der Waals surface area contributed by atoms with Gasteiger partial charge in [-0.25, -0.2) is 46.5 Å². The number of fused-ring (bicyclic) bond motifs is 1. The van der Waals surface area contributed by atoms with Crippen molar-refractivity contribution in [3.63, 3.8) is 0 Å². The molecule has 42 heteroatoms. The van der Waals surface area contributed by atoms with Crippen LogP contribution >= 0.6 is 7.37 Å². The van der Waals surface area contributed by atoms with E-state index in [0.717, 1.165) is 35.9 Å². The Hall–Kier alpha value is -10.7. The first-order valence-electron chi connectivity index (χ1n) is 26.5. The standard InChI is InChI=1S/C19H15FN2O4.C15H18N6O6S.C14H10F4N4O7S.C5H12NO4P/c1-2-7-21-15-9-14(13(20)8-16(15)26-10-17(21)23)22-18(24)11-5-3-4-6-12(11)19(22)25;1-21(2)13(22)9-6-5-7-16-12(9)28(24,25)20-15(23)19-14-17-10(26-3)8-11(18-14)27-4;15-11(16)28-8-5-9(29-12(17)18)20-13(19-8)21-14(25)22-30(26,27)7-4-2-1-3-6(7)10(23)24;1-11(9,10)3-2-4(6)5(7)8/h1,8-9H,3-7,10H2;5-8H,1-4H3,(H2,17,18,19,20,23);1-5,11-12H,(H,23,24)(H2,19,20,21,22,25);4H,2-3,6H2,1H3,(H,7,8)(H,9,10). The number of carbonyl (C=O) groups is 8. The van der Waals surface area contributed by atoms with Crippen LogP contribution < -0.4 is 59.3 Å². The number of amides is 8. The van der Waals surface area contributed by atoms with E-state index in [1.807, 2.05) is 0 Å². The second-order valence-electron chi connectivity index (χ2n) is 19.2. The lowest BCUT2D eigenvalue weighted by molar-refractivity contribution is -0.138. The molecule has 0 radical (unpaired) electrons. The third-order valence-electron chi connectivity index (χ3n) is 12.2. The van der Waals surface area contributed by atoms with Crippen molar-refractivity contribution in [2.24, 2.45) is 5.73 Å². The highest BCUT2D eigenvalue weighted by molar-refractivity contribution is 7.90.